The fourth-order valence-corrected chi connectivity index (χ4v) is 2.48. The maximum atomic E-state index is 12.1. The average molecular weight is 321 g/mol. The third-order valence-electron chi connectivity index (χ3n) is 3.83. The summed E-state index contributed by atoms with van der Waals surface area (Å²) in [6.07, 6.45) is 0.266. The van der Waals surface area contributed by atoms with Gasteiger partial charge in [-0.2, -0.15) is 0 Å². The van der Waals surface area contributed by atoms with E-state index in [0.717, 1.165) is 5.69 Å². The van der Waals surface area contributed by atoms with Gasteiger partial charge in [-0.25, -0.2) is 0 Å². The van der Waals surface area contributed by atoms with Crippen LogP contribution in [0.25, 0.3) is 0 Å². The third-order valence-corrected chi connectivity index (χ3v) is 3.83. The molecule has 7 nitrogen and oxygen atoms in total. The number of carbonyl (C=O) groups excluding carboxylic acids is 2. The minimum absolute atomic E-state index is 0.0796. The molecule has 23 heavy (non-hydrogen) atoms. The number of rotatable bonds is 5. The highest BCUT2D eigenvalue weighted by Crippen LogP contribution is 2.34. The van der Waals surface area contributed by atoms with Crippen LogP contribution in [0.1, 0.15) is 16.8 Å². The summed E-state index contributed by atoms with van der Waals surface area (Å²) in [6.45, 7) is 0.562. The first-order chi connectivity index (χ1) is 10.9. The molecule has 2 N–H and O–H groups in total. The van der Waals surface area contributed by atoms with E-state index in [1.165, 1.54) is 4.90 Å². The third kappa shape index (κ3) is 3.92. The maximum absolute atomic E-state index is 12.1. The summed E-state index contributed by atoms with van der Waals surface area (Å²) in [7, 11) is 5.29. The number of aliphatic hydroxyl groups is 1. The number of nitrogens with zero attached hydrogens (tertiary/aromatic N) is 2. The zero-order valence-corrected chi connectivity index (χ0v) is 13.7. The standard InChI is InChI=1S/C16H23N3O4/c1-18(2)16(22)11-4-5-14-13(8-11)19(3)12(10-23-14)9-15(21)17-6-7-20/h4-5,8,12,20H,6-7,9-10H2,1-3H3,(H,17,21)/t12-/m1/s1. The lowest BCUT2D eigenvalue weighted by atomic mass is 10.1. The van der Waals surface area contributed by atoms with Crippen LogP contribution in [-0.4, -0.2) is 68.8 Å². The van der Waals surface area contributed by atoms with Gasteiger partial charge >= 0.3 is 0 Å². The molecule has 126 valence electrons. The number of hydrogen-bond donors (Lipinski definition) is 2. The van der Waals surface area contributed by atoms with Crippen molar-refractivity contribution >= 4 is 17.5 Å². The lowest BCUT2D eigenvalue weighted by molar-refractivity contribution is -0.121. The SMILES string of the molecule is CN(C)C(=O)c1ccc2c(c1)N(C)[C@H](CC(=O)NCCO)CO2. The summed E-state index contributed by atoms with van der Waals surface area (Å²) in [5.74, 6) is 0.488. The highest BCUT2D eigenvalue weighted by atomic mass is 16.5. The molecular formula is C16H23N3O4. The van der Waals surface area contributed by atoms with Gasteiger partial charge in [0, 0.05) is 33.3 Å². The molecule has 0 aromatic heterocycles. The van der Waals surface area contributed by atoms with Crippen molar-refractivity contribution in [2.24, 2.45) is 0 Å². The number of aliphatic hydroxyl groups excluding tert-OH is 1. The maximum Gasteiger partial charge on any atom is 0.253 e. The summed E-state index contributed by atoms with van der Waals surface area (Å²) >= 11 is 0. The number of nitrogens with one attached hydrogen (secondary N) is 1. The van der Waals surface area contributed by atoms with Crippen LogP contribution in [0.4, 0.5) is 5.69 Å². The van der Waals surface area contributed by atoms with Gasteiger partial charge in [0.1, 0.15) is 12.4 Å². The second kappa shape index (κ2) is 7.32. The first kappa shape index (κ1) is 17.1. The summed E-state index contributed by atoms with van der Waals surface area (Å²) in [6, 6.07) is 5.19. The minimum atomic E-state index is -0.136. The molecule has 1 aromatic carbocycles. The van der Waals surface area contributed by atoms with Crippen molar-refractivity contribution in [3.8, 4) is 5.75 Å². The average Bonchev–Trinajstić information content (AvgIpc) is 2.54. The van der Waals surface area contributed by atoms with E-state index >= 15 is 0 Å². The molecule has 0 bridgehead atoms. The Bertz CT molecular complexity index is 589. The van der Waals surface area contributed by atoms with Crippen molar-refractivity contribution in [3.05, 3.63) is 23.8 Å². The Hall–Kier alpha value is -2.28. The van der Waals surface area contributed by atoms with Crippen molar-refractivity contribution in [2.45, 2.75) is 12.5 Å². The molecule has 7 heteroatoms. The van der Waals surface area contributed by atoms with Crippen LogP contribution in [0.5, 0.6) is 5.75 Å². The van der Waals surface area contributed by atoms with Crippen LogP contribution in [0.3, 0.4) is 0 Å². The molecule has 1 aliphatic heterocycles. The Morgan fingerprint density at radius 2 is 2.17 bits per heavy atom. The number of benzene rings is 1. The molecule has 0 radical (unpaired) electrons. The second-order valence-electron chi connectivity index (χ2n) is 5.74. The first-order valence-corrected chi connectivity index (χ1v) is 7.53. The van der Waals surface area contributed by atoms with Gasteiger partial charge in [-0.3, -0.25) is 9.59 Å². The largest absolute Gasteiger partial charge is 0.489 e. The fraction of sp³-hybridized carbons (Fsp3) is 0.500. The van der Waals surface area contributed by atoms with Gasteiger partial charge in [0.15, 0.2) is 0 Å². The van der Waals surface area contributed by atoms with Crippen LogP contribution < -0.4 is 15.0 Å². The Morgan fingerprint density at radius 3 is 2.83 bits per heavy atom. The Labute approximate surface area is 135 Å². The van der Waals surface area contributed by atoms with Crippen LogP contribution in [-0.2, 0) is 4.79 Å². The van der Waals surface area contributed by atoms with Crippen LogP contribution >= 0.6 is 0 Å². The zero-order chi connectivity index (χ0) is 17.0. The summed E-state index contributed by atoms with van der Waals surface area (Å²) < 4.78 is 5.71. The van der Waals surface area contributed by atoms with Crippen molar-refractivity contribution in [2.75, 3.05) is 45.8 Å². The van der Waals surface area contributed by atoms with E-state index in [0.29, 0.717) is 17.9 Å². The number of amides is 2. The van der Waals surface area contributed by atoms with Gasteiger partial charge in [-0.05, 0) is 18.2 Å². The van der Waals surface area contributed by atoms with Crippen molar-refractivity contribution in [3.63, 3.8) is 0 Å². The lowest BCUT2D eigenvalue weighted by Gasteiger charge is -2.35. The number of likely N-dealkylation sites (N-methyl/N-ethyl adjacent to an activating group) is 1. The molecule has 1 aromatic rings. The second-order valence-corrected chi connectivity index (χ2v) is 5.74. The Morgan fingerprint density at radius 1 is 1.43 bits per heavy atom. The molecule has 0 saturated carbocycles. The molecule has 1 atom stereocenters. The van der Waals surface area contributed by atoms with Gasteiger partial charge < -0.3 is 25.0 Å². The molecule has 1 heterocycles. The Balaban J connectivity index is 2.14. The van der Waals surface area contributed by atoms with Crippen LogP contribution in [0.15, 0.2) is 18.2 Å². The van der Waals surface area contributed by atoms with Crippen LogP contribution in [0.2, 0.25) is 0 Å². The minimum Gasteiger partial charge on any atom is -0.489 e. The molecule has 2 rings (SSSR count). The van der Waals surface area contributed by atoms with E-state index in [2.05, 4.69) is 5.32 Å². The van der Waals surface area contributed by atoms with Gasteiger partial charge in [-0.1, -0.05) is 0 Å². The van der Waals surface area contributed by atoms with Gasteiger partial charge in [-0.15, -0.1) is 0 Å². The van der Waals surface area contributed by atoms with E-state index < -0.39 is 0 Å². The van der Waals surface area contributed by atoms with E-state index in [9.17, 15) is 9.59 Å². The number of fused-ring (bicyclic) bond motifs is 1. The molecule has 0 aliphatic carbocycles. The quantitative estimate of drug-likeness (QED) is 0.803. The topological polar surface area (TPSA) is 82.1 Å². The number of ether oxygens (including phenoxy) is 1. The fourth-order valence-electron chi connectivity index (χ4n) is 2.48. The highest BCUT2D eigenvalue weighted by molar-refractivity contribution is 5.95. The number of hydrogen-bond acceptors (Lipinski definition) is 5. The smallest absolute Gasteiger partial charge is 0.253 e. The van der Waals surface area contributed by atoms with Crippen molar-refractivity contribution in [1.29, 1.82) is 0 Å². The van der Waals surface area contributed by atoms with Crippen molar-refractivity contribution < 1.29 is 19.4 Å². The van der Waals surface area contributed by atoms with Gasteiger partial charge in [0.25, 0.3) is 5.91 Å². The predicted octanol–water partition coefficient (Wildman–Crippen LogP) is 0.0842. The lowest BCUT2D eigenvalue weighted by Crippen LogP contribution is -2.44. The molecular weight excluding hydrogens is 298 g/mol. The molecule has 1 aliphatic rings. The van der Waals surface area contributed by atoms with E-state index in [1.807, 2.05) is 11.9 Å². The molecule has 2 amide bonds. The van der Waals surface area contributed by atoms with E-state index in [1.54, 1.807) is 32.3 Å². The summed E-state index contributed by atoms with van der Waals surface area (Å²) in [4.78, 5) is 27.4. The predicted molar refractivity (Wildman–Crippen MR) is 86.9 cm³/mol. The molecule has 0 fully saturated rings. The molecule has 0 unspecified atom stereocenters. The van der Waals surface area contributed by atoms with Crippen LogP contribution in [0, 0.1) is 0 Å². The molecule has 0 spiro atoms. The highest BCUT2D eigenvalue weighted by Gasteiger charge is 2.27. The summed E-state index contributed by atoms with van der Waals surface area (Å²) in [5, 5.41) is 11.4. The van der Waals surface area contributed by atoms with E-state index in [-0.39, 0.29) is 37.4 Å². The normalized spacial score (nSPS) is 16.3. The number of carbonyl (C=O) groups is 2. The van der Waals surface area contributed by atoms with Gasteiger partial charge in [0.05, 0.1) is 24.8 Å². The monoisotopic (exact) mass is 321 g/mol. The summed E-state index contributed by atoms with van der Waals surface area (Å²) in [5.41, 5.74) is 1.37. The first-order valence-electron chi connectivity index (χ1n) is 7.53. The van der Waals surface area contributed by atoms with Crippen molar-refractivity contribution in [1.82, 2.24) is 10.2 Å². The Kier molecular flexibility index (Phi) is 5.44. The zero-order valence-electron chi connectivity index (χ0n) is 13.7. The molecule has 0 saturated heterocycles. The number of anilines is 1. The van der Waals surface area contributed by atoms with E-state index in [4.69, 9.17) is 9.84 Å². The van der Waals surface area contributed by atoms with Gasteiger partial charge in [0.2, 0.25) is 5.91 Å².